The minimum atomic E-state index is -0.990. The Labute approximate surface area is 117 Å². The number of urea groups is 1. The second-order valence-electron chi connectivity index (χ2n) is 3.97. The molecule has 2 atom stereocenters. The highest BCUT2D eigenvalue weighted by atomic mass is 32.2. The molecular weight excluding hydrogens is 272 g/mol. The molecule has 0 aliphatic heterocycles. The van der Waals surface area contributed by atoms with Gasteiger partial charge in [-0.1, -0.05) is 0 Å². The molecule has 5 nitrogen and oxygen atoms in total. The summed E-state index contributed by atoms with van der Waals surface area (Å²) in [7, 11) is 0. The molecule has 0 aliphatic carbocycles. The van der Waals surface area contributed by atoms with Gasteiger partial charge in [0, 0.05) is 6.04 Å². The van der Waals surface area contributed by atoms with E-state index in [4.69, 9.17) is 5.11 Å². The maximum absolute atomic E-state index is 11.6. The Bertz CT molecular complexity index is 265. The van der Waals surface area contributed by atoms with Crippen molar-refractivity contribution in [3.63, 3.8) is 0 Å². The Morgan fingerprint density at radius 1 is 1.11 bits per heavy atom. The van der Waals surface area contributed by atoms with Gasteiger partial charge in [-0.2, -0.15) is 23.5 Å². The number of hydrogen-bond donors (Lipinski definition) is 3. The van der Waals surface area contributed by atoms with Crippen LogP contribution in [0, 0.1) is 0 Å². The van der Waals surface area contributed by atoms with Crippen LogP contribution in [0.25, 0.3) is 0 Å². The molecule has 0 heterocycles. The largest absolute Gasteiger partial charge is 0.480 e. The van der Waals surface area contributed by atoms with E-state index in [1.165, 1.54) is 0 Å². The molecule has 0 rings (SSSR count). The molecule has 0 aromatic heterocycles. The monoisotopic (exact) mass is 294 g/mol. The molecule has 18 heavy (non-hydrogen) atoms. The van der Waals surface area contributed by atoms with Gasteiger partial charge in [-0.3, -0.25) is 0 Å². The van der Waals surface area contributed by atoms with Gasteiger partial charge in [0.2, 0.25) is 0 Å². The first-order valence-corrected chi connectivity index (χ1v) is 8.57. The fraction of sp³-hybridized carbons (Fsp3) is 0.818. The SMILES string of the molecule is CSCCC(C)NC(=O)N[C@@H](CCSC)C(=O)O. The lowest BCUT2D eigenvalue weighted by atomic mass is 10.2. The number of carbonyl (C=O) groups is 2. The lowest BCUT2D eigenvalue weighted by Gasteiger charge is -2.18. The van der Waals surface area contributed by atoms with Crippen LogP contribution in [0.4, 0.5) is 4.79 Å². The van der Waals surface area contributed by atoms with Crippen molar-refractivity contribution in [2.45, 2.75) is 31.8 Å². The Morgan fingerprint density at radius 2 is 1.67 bits per heavy atom. The van der Waals surface area contributed by atoms with Crippen LogP contribution in [0.1, 0.15) is 19.8 Å². The van der Waals surface area contributed by atoms with E-state index in [0.717, 1.165) is 12.2 Å². The van der Waals surface area contributed by atoms with E-state index < -0.39 is 18.0 Å². The third-order valence-corrected chi connectivity index (χ3v) is 3.63. The van der Waals surface area contributed by atoms with Gasteiger partial charge < -0.3 is 15.7 Å². The van der Waals surface area contributed by atoms with Crippen molar-refractivity contribution < 1.29 is 14.7 Å². The van der Waals surface area contributed by atoms with Gasteiger partial charge in [-0.25, -0.2) is 9.59 Å². The third-order valence-electron chi connectivity index (χ3n) is 2.35. The number of thioether (sulfide) groups is 2. The van der Waals surface area contributed by atoms with Crippen molar-refractivity contribution in [1.82, 2.24) is 10.6 Å². The molecule has 0 aliphatic rings. The Kier molecular flexibility index (Phi) is 10.0. The van der Waals surface area contributed by atoms with Crippen LogP contribution in [0.5, 0.6) is 0 Å². The summed E-state index contributed by atoms with van der Waals surface area (Å²) in [5.41, 5.74) is 0. The van der Waals surface area contributed by atoms with E-state index in [9.17, 15) is 9.59 Å². The summed E-state index contributed by atoms with van der Waals surface area (Å²) in [6.45, 7) is 1.91. The minimum absolute atomic E-state index is 0.0486. The highest BCUT2D eigenvalue weighted by Gasteiger charge is 2.19. The van der Waals surface area contributed by atoms with E-state index >= 15 is 0 Å². The summed E-state index contributed by atoms with van der Waals surface area (Å²) in [5.74, 6) is 0.686. The molecule has 0 aromatic rings. The number of carbonyl (C=O) groups excluding carboxylic acids is 1. The van der Waals surface area contributed by atoms with Gasteiger partial charge in [-0.15, -0.1) is 0 Å². The highest BCUT2D eigenvalue weighted by Crippen LogP contribution is 2.02. The zero-order valence-electron chi connectivity index (χ0n) is 11.1. The number of hydrogen-bond acceptors (Lipinski definition) is 4. The average Bonchev–Trinajstić information content (AvgIpc) is 2.31. The van der Waals surface area contributed by atoms with Gasteiger partial charge in [0.05, 0.1) is 0 Å². The standard InChI is InChI=1S/C11H22N2O3S2/c1-8(4-6-17-2)12-11(16)13-9(10(14)15)5-7-18-3/h8-9H,4-7H2,1-3H3,(H,14,15)(H2,12,13,16)/t8?,9-/m0/s1. The van der Waals surface area contributed by atoms with Crippen LogP contribution >= 0.6 is 23.5 Å². The van der Waals surface area contributed by atoms with Crippen molar-refractivity contribution in [3.8, 4) is 0 Å². The number of aliphatic carboxylic acids is 1. The normalized spacial score (nSPS) is 13.7. The lowest BCUT2D eigenvalue weighted by molar-refractivity contribution is -0.139. The minimum Gasteiger partial charge on any atom is -0.480 e. The van der Waals surface area contributed by atoms with Gasteiger partial charge in [0.1, 0.15) is 6.04 Å². The fourth-order valence-electron chi connectivity index (χ4n) is 1.28. The van der Waals surface area contributed by atoms with Crippen LogP contribution in [-0.2, 0) is 4.79 Å². The summed E-state index contributed by atoms with van der Waals surface area (Å²) in [6.07, 6.45) is 5.22. The molecule has 0 radical (unpaired) electrons. The molecule has 0 bridgehead atoms. The molecule has 0 saturated carbocycles. The van der Waals surface area contributed by atoms with Gasteiger partial charge in [0.25, 0.3) is 0 Å². The maximum atomic E-state index is 11.6. The average molecular weight is 294 g/mol. The van der Waals surface area contributed by atoms with Crippen LogP contribution in [0.3, 0.4) is 0 Å². The lowest BCUT2D eigenvalue weighted by Crippen LogP contribution is -2.48. The van der Waals surface area contributed by atoms with Crippen molar-refractivity contribution in [2.24, 2.45) is 0 Å². The van der Waals surface area contributed by atoms with E-state index in [1.807, 2.05) is 19.4 Å². The predicted octanol–water partition coefficient (Wildman–Crippen LogP) is 1.63. The molecule has 106 valence electrons. The van der Waals surface area contributed by atoms with Crippen LogP contribution in [0.15, 0.2) is 0 Å². The molecule has 0 aromatic carbocycles. The molecule has 0 fully saturated rings. The van der Waals surface area contributed by atoms with Crippen molar-refractivity contribution in [2.75, 3.05) is 24.0 Å². The van der Waals surface area contributed by atoms with Crippen molar-refractivity contribution in [1.29, 1.82) is 0 Å². The maximum Gasteiger partial charge on any atom is 0.326 e. The molecule has 2 amide bonds. The second kappa shape index (κ2) is 10.4. The van der Waals surface area contributed by atoms with Gasteiger partial charge in [0.15, 0.2) is 0 Å². The molecule has 3 N–H and O–H groups in total. The number of nitrogens with one attached hydrogen (secondary N) is 2. The fourth-order valence-corrected chi connectivity index (χ4v) is 2.34. The quantitative estimate of drug-likeness (QED) is 0.602. The molecule has 1 unspecified atom stereocenters. The number of carboxylic acids is 1. The van der Waals surface area contributed by atoms with Gasteiger partial charge in [-0.05, 0) is 43.8 Å². The summed E-state index contributed by atoms with van der Waals surface area (Å²) >= 11 is 3.28. The molecule has 0 spiro atoms. The Balaban J connectivity index is 4.04. The molecule has 7 heteroatoms. The van der Waals surface area contributed by atoms with Crippen molar-refractivity contribution >= 4 is 35.5 Å². The Hall–Kier alpha value is -0.560. The topological polar surface area (TPSA) is 78.4 Å². The first-order valence-electron chi connectivity index (χ1n) is 5.79. The summed E-state index contributed by atoms with van der Waals surface area (Å²) in [4.78, 5) is 22.5. The van der Waals surface area contributed by atoms with Crippen LogP contribution in [-0.4, -0.2) is 53.2 Å². The van der Waals surface area contributed by atoms with Crippen molar-refractivity contribution in [3.05, 3.63) is 0 Å². The summed E-state index contributed by atoms with van der Waals surface area (Å²) in [5, 5.41) is 14.2. The molecular formula is C11H22N2O3S2. The van der Waals surface area contributed by atoms with E-state index in [0.29, 0.717) is 12.2 Å². The van der Waals surface area contributed by atoms with Crippen LogP contribution < -0.4 is 10.6 Å². The number of amides is 2. The zero-order chi connectivity index (χ0) is 14.0. The number of rotatable bonds is 9. The van der Waals surface area contributed by atoms with E-state index in [2.05, 4.69) is 10.6 Å². The predicted molar refractivity (Wildman–Crippen MR) is 78.6 cm³/mol. The second-order valence-corrected chi connectivity index (χ2v) is 5.94. The number of carboxylic acid groups (broad SMARTS) is 1. The van der Waals surface area contributed by atoms with Gasteiger partial charge >= 0.3 is 12.0 Å². The zero-order valence-corrected chi connectivity index (χ0v) is 12.7. The first kappa shape index (κ1) is 17.4. The third kappa shape index (κ3) is 8.52. The van der Waals surface area contributed by atoms with Crippen LogP contribution in [0.2, 0.25) is 0 Å². The molecule has 0 saturated heterocycles. The Morgan fingerprint density at radius 3 is 2.17 bits per heavy atom. The van der Waals surface area contributed by atoms with E-state index in [1.54, 1.807) is 23.5 Å². The summed E-state index contributed by atoms with van der Waals surface area (Å²) in [6, 6.07) is -1.17. The smallest absolute Gasteiger partial charge is 0.326 e. The first-order chi connectivity index (χ1) is 8.51. The van der Waals surface area contributed by atoms with E-state index in [-0.39, 0.29) is 6.04 Å². The summed E-state index contributed by atoms with van der Waals surface area (Å²) < 4.78 is 0. The highest BCUT2D eigenvalue weighted by molar-refractivity contribution is 7.98.